The summed E-state index contributed by atoms with van der Waals surface area (Å²) >= 11 is 0. The van der Waals surface area contributed by atoms with Crippen LogP contribution in [0.4, 0.5) is 5.69 Å². The van der Waals surface area contributed by atoms with Crippen molar-refractivity contribution in [2.75, 3.05) is 7.11 Å². The zero-order valence-corrected chi connectivity index (χ0v) is 11.4. The number of non-ortho nitro benzene ring substituents is 1. The van der Waals surface area contributed by atoms with Gasteiger partial charge in [0, 0.05) is 12.1 Å². The van der Waals surface area contributed by atoms with Crippen molar-refractivity contribution in [1.82, 2.24) is 0 Å². The molecule has 0 aliphatic heterocycles. The normalized spacial score (nSPS) is 11.9. The first-order valence-corrected chi connectivity index (χ1v) is 6.17. The third kappa shape index (κ3) is 2.95. The van der Waals surface area contributed by atoms with E-state index in [4.69, 9.17) is 10.5 Å². The summed E-state index contributed by atoms with van der Waals surface area (Å²) in [5.41, 5.74) is 8.66. The average molecular weight is 272 g/mol. The van der Waals surface area contributed by atoms with E-state index in [1.807, 2.05) is 37.3 Å². The summed E-state index contributed by atoms with van der Waals surface area (Å²) < 4.78 is 5.09. The summed E-state index contributed by atoms with van der Waals surface area (Å²) in [5, 5.41) is 10.9. The molecule has 2 rings (SSSR count). The first-order valence-electron chi connectivity index (χ1n) is 6.17. The SMILES string of the molecule is COc1ccc(C(N)c2cc(C)cc([N+](=O)[O-])c2)cc1. The van der Waals surface area contributed by atoms with Crippen LogP contribution in [-0.4, -0.2) is 12.0 Å². The van der Waals surface area contributed by atoms with E-state index in [1.54, 1.807) is 7.11 Å². The monoisotopic (exact) mass is 272 g/mol. The van der Waals surface area contributed by atoms with E-state index in [-0.39, 0.29) is 5.69 Å². The Morgan fingerprint density at radius 2 is 1.80 bits per heavy atom. The second kappa shape index (κ2) is 5.71. The van der Waals surface area contributed by atoms with E-state index in [2.05, 4.69) is 0 Å². The Morgan fingerprint density at radius 1 is 1.15 bits per heavy atom. The molecular weight excluding hydrogens is 256 g/mol. The quantitative estimate of drug-likeness (QED) is 0.685. The van der Waals surface area contributed by atoms with Crippen LogP contribution in [0.15, 0.2) is 42.5 Å². The van der Waals surface area contributed by atoms with Gasteiger partial charge in [-0.1, -0.05) is 18.2 Å². The number of hydrogen-bond donors (Lipinski definition) is 1. The predicted octanol–water partition coefficient (Wildman–Crippen LogP) is 2.96. The Bertz CT molecular complexity index is 624. The number of nitrogens with zero attached hydrogens (tertiary/aromatic N) is 1. The van der Waals surface area contributed by atoms with Crippen LogP contribution in [0.25, 0.3) is 0 Å². The van der Waals surface area contributed by atoms with Crippen LogP contribution in [0, 0.1) is 17.0 Å². The molecule has 1 unspecified atom stereocenters. The van der Waals surface area contributed by atoms with Gasteiger partial charge in [-0.25, -0.2) is 0 Å². The Kier molecular flexibility index (Phi) is 4.00. The van der Waals surface area contributed by atoms with Crippen LogP contribution >= 0.6 is 0 Å². The molecule has 5 nitrogen and oxygen atoms in total. The van der Waals surface area contributed by atoms with Gasteiger partial charge in [-0.15, -0.1) is 0 Å². The largest absolute Gasteiger partial charge is 0.497 e. The molecule has 2 N–H and O–H groups in total. The number of aryl methyl sites for hydroxylation is 1. The third-order valence-electron chi connectivity index (χ3n) is 3.13. The maximum atomic E-state index is 10.9. The zero-order valence-electron chi connectivity index (χ0n) is 11.4. The van der Waals surface area contributed by atoms with E-state index >= 15 is 0 Å². The summed E-state index contributed by atoms with van der Waals surface area (Å²) in [4.78, 5) is 10.5. The van der Waals surface area contributed by atoms with Crippen molar-refractivity contribution in [1.29, 1.82) is 0 Å². The predicted molar refractivity (Wildman–Crippen MR) is 76.9 cm³/mol. The highest BCUT2D eigenvalue weighted by molar-refractivity contribution is 5.43. The van der Waals surface area contributed by atoms with Crippen molar-refractivity contribution < 1.29 is 9.66 Å². The van der Waals surface area contributed by atoms with Crippen molar-refractivity contribution in [3.63, 3.8) is 0 Å². The zero-order chi connectivity index (χ0) is 14.7. The van der Waals surface area contributed by atoms with Crippen LogP contribution in [0.1, 0.15) is 22.7 Å². The van der Waals surface area contributed by atoms with Gasteiger partial charge in [0.15, 0.2) is 0 Å². The maximum Gasteiger partial charge on any atom is 0.270 e. The molecular formula is C15H16N2O3. The van der Waals surface area contributed by atoms with Gasteiger partial charge in [-0.3, -0.25) is 10.1 Å². The molecule has 0 spiro atoms. The second-order valence-electron chi connectivity index (χ2n) is 4.61. The number of nitrogens with two attached hydrogens (primary N) is 1. The molecule has 0 saturated heterocycles. The van der Waals surface area contributed by atoms with E-state index < -0.39 is 11.0 Å². The van der Waals surface area contributed by atoms with Crippen molar-refractivity contribution in [2.24, 2.45) is 5.73 Å². The van der Waals surface area contributed by atoms with Gasteiger partial charge < -0.3 is 10.5 Å². The van der Waals surface area contributed by atoms with Crippen LogP contribution < -0.4 is 10.5 Å². The van der Waals surface area contributed by atoms with Crippen molar-refractivity contribution in [3.8, 4) is 5.75 Å². The highest BCUT2D eigenvalue weighted by atomic mass is 16.6. The minimum Gasteiger partial charge on any atom is -0.497 e. The fourth-order valence-electron chi connectivity index (χ4n) is 2.08. The third-order valence-corrected chi connectivity index (χ3v) is 3.13. The minimum absolute atomic E-state index is 0.0592. The van der Waals surface area contributed by atoms with Gasteiger partial charge >= 0.3 is 0 Å². The second-order valence-corrected chi connectivity index (χ2v) is 4.61. The summed E-state index contributed by atoms with van der Waals surface area (Å²) in [7, 11) is 1.60. The van der Waals surface area contributed by atoms with E-state index in [0.29, 0.717) is 0 Å². The molecule has 1 atom stereocenters. The molecule has 0 fully saturated rings. The molecule has 0 saturated carbocycles. The highest BCUT2D eigenvalue weighted by Crippen LogP contribution is 2.26. The van der Waals surface area contributed by atoms with Crippen LogP contribution in [0.5, 0.6) is 5.75 Å². The molecule has 0 heterocycles. The van der Waals surface area contributed by atoms with Gasteiger partial charge in [0.1, 0.15) is 5.75 Å². The van der Waals surface area contributed by atoms with Crippen LogP contribution in [0.3, 0.4) is 0 Å². The number of hydrogen-bond acceptors (Lipinski definition) is 4. The number of benzene rings is 2. The first-order chi connectivity index (χ1) is 9.51. The lowest BCUT2D eigenvalue weighted by Gasteiger charge is -2.13. The molecule has 0 aromatic heterocycles. The lowest BCUT2D eigenvalue weighted by molar-refractivity contribution is -0.385. The Morgan fingerprint density at radius 3 is 2.35 bits per heavy atom. The molecule has 0 aliphatic rings. The van der Waals surface area contributed by atoms with Gasteiger partial charge in [0.05, 0.1) is 18.1 Å². The number of methoxy groups -OCH3 is 1. The molecule has 2 aromatic rings. The topological polar surface area (TPSA) is 78.4 Å². The Hall–Kier alpha value is -2.40. The fourth-order valence-corrected chi connectivity index (χ4v) is 2.08. The summed E-state index contributed by atoms with van der Waals surface area (Å²) in [5.74, 6) is 0.746. The van der Waals surface area contributed by atoms with Crippen LogP contribution in [-0.2, 0) is 0 Å². The first kappa shape index (κ1) is 14.0. The molecule has 0 radical (unpaired) electrons. The molecule has 104 valence electrons. The number of nitro groups is 1. The summed E-state index contributed by atoms with van der Waals surface area (Å²) in [6.45, 7) is 1.82. The lowest BCUT2D eigenvalue weighted by atomic mass is 9.97. The van der Waals surface area contributed by atoms with Crippen molar-refractivity contribution in [3.05, 3.63) is 69.3 Å². The Balaban J connectivity index is 2.36. The Labute approximate surface area is 117 Å². The molecule has 0 aliphatic carbocycles. The fraction of sp³-hybridized carbons (Fsp3) is 0.200. The van der Waals surface area contributed by atoms with Crippen LogP contribution in [0.2, 0.25) is 0 Å². The molecule has 2 aromatic carbocycles. The van der Waals surface area contributed by atoms with Gasteiger partial charge in [0.25, 0.3) is 5.69 Å². The van der Waals surface area contributed by atoms with Crippen molar-refractivity contribution in [2.45, 2.75) is 13.0 Å². The number of nitro benzene ring substituents is 1. The lowest BCUT2D eigenvalue weighted by Crippen LogP contribution is -2.12. The molecule has 5 heteroatoms. The molecule has 0 bridgehead atoms. The molecule has 20 heavy (non-hydrogen) atoms. The molecule has 0 amide bonds. The van der Waals surface area contributed by atoms with E-state index in [1.165, 1.54) is 12.1 Å². The average Bonchev–Trinajstić information content (AvgIpc) is 2.46. The van der Waals surface area contributed by atoms with E-state index in [9.17, 15) is 10.1 Å². The van der Waals surface area contributed by atoms with Gasteiger partial charge in [0.2, 0.25) is 0 Å². The summed E-state index contributed by atoms with van der Waals surface area (Å²) in [6, 6.07) is 11.9. The van der Waals surface area contributed by atoms with Gasteiger partial charge in [-0.05, 0) is 35.7 Å². The number of ether oxygens (including phenoxy) is 1. The standard InChI is InChI=1S/C15H16N2O3/c1-10-7-12(9-13(8-10)17(18)19)15(16)11-3-5-14(20-2)6-4-11/h3-9,15H,16H2,1-2H3. The van der Waals surface area contributed by atoms with E-state index in [0.717, 1.165) is 22.4 Å². The van der Waals surface area contributed by atoms with Crippen molar-refractivity contribution >= 4 is 5.69 Å². The minimum atomic E-state index is -0.406. The highest BCUT2D eigenvalue weighted by Gasteiger charge is 2.14. The van der Waals surface area contributed by atoms with Gasteiger partial charge in [-0.2, -0.15) is 0 Å². The smallest absolute Gasteiger partial charge is 0.270 e. The maximum absolute atomic E-state index is 10.9. The summed E-state index contributed by atoms with van der Waals surface area (Å²) in [6.07, 6.45) is 0. The number of rotatable bonds is 4.